The maximum atomic E-state index is 3.57. The predicted octanol–water partition coefficient (Wildman–Crippen LogP) is 3.13. The summed E-state index contributed by atoms with van der Waals surface area (Å²) < 4.78 is 0. The zero-order chi connectivity index (χ0) is 12.4. The summed E-state index contributed by atoms with van der Waals surface area (Å²) in [6.07, 6.45) is 5.26. The van der Waals surface area contributed by atoms with Crippen LogP contribution in [0, 0.1) is 5.92 Å². The molecule has 1 N–H and O–H groups in total. The van der Waals surface area contributed by atoms with Crippen molar-refractivity contribution in [3.8, 4) is 0 Å². The Bertz CT molecular complexity index is 146. The predicted molar refractivity (Wildman–Crippen MR) is 73.9 cm³/mol. The number of hydrogen-bond acceptors (Lipinski definition) is 2. The van der Waals surface area contributed by atoms with Crippen LogP contribution >= 0.6 is 0 Å². The number of nitrogens with zero attached hydrogens (tertiary/aromatic N) is 1. The Morgan fingerprint density at radius 3 is 2.25 bits per heavy atom. The van der Waals surface area contributed by atoms with Gasteiger partial charge in [0.25, 0.3) is 0 Å². The van der Waals surface area contributed by atoms with Gasteiger partial charge in [-0.2, -0.15) is 0 Å². The fourth-order valence-electron chi connectivity index (χ4n) is 1.94. The molecule has 98 valence electrons. The van der Waals surface area contributed by atoms with Crippen LogP contribution in [0.3, 0.4) is 0 Å². The van der Waals surface area contributed by atoms with E-state index in [1.54, 1.807) is 0 Å². The summed E-state index contributed by atoms with van der Waals surface area (Å²) >= 11 is 0. The molecular weight excluding hydrogens is 196 g/mol. The first kappa shape index (κ1) is 15.9. The van der Waals surface area contributed by atoms with Crippen molar-refractivity contribution >= 4 is 0 Å². The third kappa shape index (κ3) is 8.12. The first-order valence-electron chi connectivity index (χ1n) is 7.02. The summed E-state index contributed by atoms with van der Waals surface area (Å²) in [6.45, 7) is 12.6. The van der Waals surface area contributed by atoms with Gasteiger partial charge in [0.05, 0.1) is 0 Å². The van der Waals surface area contributed by atoms with Crippen LogP contribution in [0.5, 0.6) is 0 Å². The highest BCUT2D eigenvalue weighted by Crippen LogP contribution is 2.04. The van der Waals surface area contributed by atoms with Crippen molar-refractivity contribution in [1.29, 1.82) is 0 Å². The van der Waals surface area contributed by atoms with E-state index in [9.17, 15) is 0 Å². The van der Waals surface area contributed by atoms with Crippen molar-refractivity contribution in [2.75, 3.05) is 26.7 Å². The molecule has 1 atom stereocenters. The molecule has 0 aromatic rings. The van der Waals surface area contributed by atoms with Gasteiger partial charge in [-0.05, 0) is 38.9 Å². The van der Waals surface area contributed by atoms with E-state index >= 15 is 0 Å². The Balaban J connectivity index is 3.69. The topological polar surface area (TPSA) is 15.3 Å². The van der Waals surface area contributed by atoms with Gasteiger partial charge < -0.3 is 10.2 Å². The largest absolute Gasteiger partial charge is 0.315 e. The van der Waals surface area contributed by atoms with Crippen molar-refractivity contribution in [3.63, 3.8) is 0 Å². The molecule has 0 fully saturated rings. The van der Waals surface area contributed by atoms with Crippen molar-refractivity contribution in [1.82, 2.24) is 10.2 Å². The molecule has 2 heteroatoms. The summed E-state index contributed by atoms with van der Waals surface area (Å²) in [5.41, 5.74) is 0. The lowest BCUT2D eigenvalue weighted by atomic mass is 10.1. The molecule has 0 radical (unpaired) electrons. The van der Waals surface area contributed by atoms with Gasteiger partial charge in [0.1, 0.15) is 0 Å². The summed E-state index contributed by atoms with van der Waals surface area (Å²) in [4.78, 5) is 2.52. The van der Waals surface area contributed by atoms with E-state index in [1.165, 1.54) is 32.2 Å². The minimum atomic E-state index is 0.704. The number of nitrogens with one attached hydrogen (secondary N) is 1. The van der Waals surface area contributed by atoms with Crippen LogP contribution in [0.2, 0.25) is 0 Å². The second kappa shape index (κ2) is 10.1. The van der Waals surface area contributed by atoms with Crippen LogP contribution in [0.4, 0.5) is 0 Å². The standard InChI is InChI=1S/C14H32N2/c1-6-8-9-10-16(5)14(7-2)12-15-11-13(3)4/h13-15H,6-12H2,1-5H3. The lowest BCUT2D eigenvalue weighted by Crippen LogP contribution is -2.41. The SMILES string of the molecule is CCCCCN(C)C(CC)CNCC(C)C. The molecule has 0 aliphatic rings. The molecule has 0 spiro atoms. The highest BCUT2D eigenvalue weighted by molar-refractivity contribution is 4.70. The third-order valence-electron chi connectivity index (χ3n) is 3.14. The Labute approximate surface area is 103 Å². The van der Waals surface area contributed by atoms with Crippen LogP contribution in [0.15, 0.2) is 0 Å². The van der Waals surface area contributed by atoms with Crippen molar-refractivity contribution in [2.45, 2.75) is 59.4 Å². The van der Waals surface area contributed by atoms with Crippen LogP contribution in [0.25, 0.3) is 0 Å². The number of hydrogen-bond donors (Lipinski definition) is 1. The van der Waals surface area contributed by atoms with Gasteiger partial charge in [0.15, 0.2) is 0 Å². The summed E-state index contributed by atoms with van der Waals surface area (Å²) in [5.74, 6) is 0.753. The Morgan fingerprint density at radius 1 is 1.06 bits per heavy atom. The number of unbranched alkanes of at least 4 members (excludes halogenated alkanes) is 2. The van der Waals surface area contributed by atoms with Gasteiger partial charge >= 0.3 is 0 Å². The Hall–Kier alpha value is -0.0800. The molecule has 16 heavy (non-hydrogen) atoms. The zero-order valence-corrected chi connectivity index (χ0v) is 12.1. The minimum Gasteiger partial charge on any atom is -0.315 e. The zero-order valence-electron chi connectivity index (χ0n) is 12.1. The first-order chi connectivity index (χ1) is 7.61. The van der Waals surface area contributed by atoms with E-state index in [2.05, 4.69) is 45.0 Å². The summed E-state index contributed by atoms with van der Waals surface area (Å²) in [7, 11) is 2.26. The van der Waals surface area contributed by atoms with Gasteiger partial charge in [-0.3, -0.25) is 0 Å². The van der Waals surface area contributed by atoms with Crippen molar-refractivity contribution < 1.29 is 0 Å². The van der Waals surface area contributed by atoms with Crippen LogP contribution in [0.1, 0.15) is 53.4 Å². The molecule has 0 rings (SSSR count). The Kier molecular flexibility index (Phi) is 10.0. The number of rotatable bonds is 10. The molecule has 2 nitrogen and oxygen atoms in total. The van der Waals surface area contributed by atoms with E-state index in [1.807, 2.05) is 0 Å². The van der Waals surface area contributed by atoms with Gasteiger partial charge in [-0.1, -0.05) is 40.5 Å². The quantitative estimate of drug-likeness (QED) is 0.578. The van der Waals surface area contributed by atoms with E-state index in [4.69, 9.17) is 0 Å². The van der Waals surface area contributed by atoms with Crippen LogP contribution in [-0.2, 0) is 0 Å². The van der Waals surface area contributed by atoms with E-state index in [-0.39, 0.29) is 0 Å². The fraction of sp³-hybridized carbons (Fsp3) is 1.00. The molecule has 0 heterocycles. The Morgan fingerprint density at radius 2 is 1.75 bits per heavy atom. The molecule has 0 saturated heterocycles. The maximum Gasteiger partial charge on any atom is 0.0214 e. The molecule has 0 amide bonds. The fourth-order valence-corrected chi connectivity index (χ4v) is 1.94. The molecule has 1 unspecified atom stereocenters. The molecule has 0 aliphatic carbocycles. The molecule has 0 aromatic carbocycles. The second-order valence-corrected chi connectivity index (χ2v) is 5.30. The molecule has 0 saturated carbocycles. The van der Waals surface area contributed by atoms with Gasteiger partial charge in [-0.15, -0.1) is 0 Å². The number of likely N-dealkylation sites (N-methyl/N-ethyl adjacent to an activating group) is 1. The minimum absolute atomic E-state index is 0.704. The second-order valence-electron chi connectivity index (χ2n) is 5.30. The summed E-state index contributed by atoms with van der Waals surface area (Å²) in [6, 6.07) is 0.704. The van der Waals surface area contributed by atoms with Crippen LogP contribution in [-0.4, -0.2) is 37.6 Å². The third-order valence-corrected chi connectivity index (χ3v) is 3.14. The van der Waals surface area contributed by atoms with E-state index in [0.29, 0.717) is 6.04 Å². The average Bonchev–Trinajstić information content (AvgIpc) is 2.24. The van der Waals surface area contributed by atoms with Gasteiger partial charge in [0, 0.05) is 12.6 Å². The molecule has 0 bridgehead atoms. The van der Waals surface area contributed by atoms with E-state index in [0.717, 1.165) is 19.0 Å². The van der Waals surface area contributed by atoms with Gasteiger partial charge in [0.2, 0.25) is 0 Å². The highest BCUT2D eigenvalue weighted by atomic mass is 15.1. The van der Waals surface area contributed by atoms with Crippen LogP contribution < -0.4 is 5.32 Å². The van der Waals surface area contributed by atoms with Crippen molar-refractivity contribution in [3.05, 3.63) is 0 Å². The molecule has 0 aromatic heterocycles. The van der Waals surface area contributed by atoms with Gasteiger partial charge in [-0.25, -0.2) is 0 Å². The highest BCUT2D eigenvalue weighted by Gasteiger charge is 2.11. The first-order valence-corrected chi connectivity index (χ1v) is 7.02. The summed E-state index contributed by atoms with van der Waals surface area (Å²) in [5, 5.41) is 3.57. The lowest BCUT2D eigenvalue weighted by molar-refractivity contribution is 0.223. The smallest absolute Gasteiger partial charge is 0.0214 e. The normalized spacial score (nSPS) is 13.7. The van der Waals surface area contributed by atoms with E-state index < -0.39 is 0 Å². The molecule has 0 aliphatic heterocycles. The van der Waals surface area contributed by atoms with Crippen molar-refractivity contribution in [2.24, 2.45) is 5.92 Å². The maximum absolute atomic E-state index is 3.57. The molecular formula is C14H32N2. The lowest BCUT2D eigenvalue weighted by Gasteiger charge is -2.27. The average molecular weight is 228 g/mol. The monoisotopic (exact) mass is 228 g/mol.